The molecule has 1 heterocycles. The Morgan fingerprint density at radius 3 is 2.50 bits per heavy atom. The molecule has 0 unspecified atom stereocenters. The third kappa shape index (κ3) is 3.26. The second-order valence-electron chi connectivity index (χ2n) is 4.40. The molecule has 0 aliphatic carbocycles. The van der Waals surface area contributed by atoms with Crippen molar-refractivity contribution in [3.63, 3.8) is 0 Å². The SMILES string of the molecule is CCn1cc(NCc2ccc(C(=O)O)cc2)ccc1=O. The average molecular weight is 272 g/mol. The maximum Gasteiger partial charge on any atom is 0.335 e. The van der Waals surface area contributed by atoms with E-state index in [0.29, 0.717) is 13.1 Å². The van der Waals surface area contributed by atoms with Crippen molar-refractivity contribution in [1.29, 1.82) is 0 Å². The molecule has 0 spiro atoms. The quantitative estimate of drug-likeness (QED) is 0.875. The van der Waals surface area contributed by atoms with E-state index in [0.717, 1.165) is 11.3 Å². The normalized spacial score (nSPS) is 10.2. The molecule has 0 saturated heterocycles. The van der Waals surface area contributed by atoms with Crippen LogP contribution in [0.5, 0.6) is 0 Å². The number of nitrogens with one attached hydrogen (secondary N) is 1. The molecule has 2 N–H and O–H groups in total. The van der Waals surface area contributed by atoms with Crippen LogP contribution in [0, 0.1) is 0 Å². The average Bonchev–Trinajstić information content (AvgIpc) is 2.46. The predicted molar refractivity (Wildman–Crippen MR) is 77.1 cm³/mol. The van der Waals surface area contributed by atoms with Gasteiger partial charge in [-0.1, -0.05) is 12.1 Å². The molecule has 1 aromatic carbocycles. The molecule has 0 atom stereocenters. The van der Waals surface area contributed by atoms with E-state index >= 15 is 0 Å². The zero-order valence-electron chi connectivity index (χ0n) is 11.2. The maximum absolute atomic E-state index is 11.5. The number of pyridine rings is 1. The molecular weight excluding hydrogens is 256 g/mol. The number of carboxylic acid groups (broad SMARTS) is 1. The predicted octanol–water partition coefficient (Wildman–Crippen LogP) is 2.18. The van der Waals surface area contributed by atoms with Crippen molar-refractivity contribution in [2.45, 2.75) is 20.0 Å². The third-order valence-corrected chi connectivity index (χ3v) is 3.02. The lowest BCUT2D eigenvalue weighted by molar-refractivity contribution is 0.0697. The van der Waals surface area contributed by atoms with Gasteiger partial charge in [0, 0.05) is 25.4 Å². The Labute approximate surface area is 116 Å². The molecule has 0 saturated carbocycles. The van der Waals surface area contributed by atoms with Gasteiger partial charge in [0.05, 0.1) is 11.3 Å². The van der Waals surface area contributed by atoms with E-state index in [1.54, 1.807) is 41.1 Å². The topological polar surface area (TPSA) is 71.3 Å². The van der Waals surface area contributed by atoms with Gasteiger partial charge < -0.3 is 15.0 Å². The number of nitrogens with zero attached hydrogens (tertiary/aromatic N) is 1. The van der Waals surface area contributed by atoms with Gasteiger partial charge in [-0.2, -0.15) is 0 Å². The minimum absolute atomic E-state index is 0.0242. The van der Waals surface area contributed by atoms with Crippen molar-refractivity contribution < 1.29 is 9.90 Å². The monoisotopic (exact) mass is 272 g/mol. The van der Waals surface area contributed by atoms with Crippen LogP contribution in [0.1, 0.15) is 22.8 Å². The summed E-state index contributed by atoms with van der Waals surface area (Å²) in [5, 5.41) is 12.0. The number of carbonyl (C=O) groups is 1. The second-order valence-corrected chi connectivity index (χ2v) is 4.40. The molecule has 5 nitrogen and oxygen atoms in total. The highest BCUT2D eigenvalue weighted by Crippen LogP contribution is 2.09. The lowest BCUT2D eigenvalue weighted by Gasteiger charge is -2.09. The van der Waals surface area contributed by atoms with Crippen LogP contribution in [-0.4, -0.2) is 15.6 Å². The number of aryl methyl sites for hydroxylation is 1. The molecule has 0 amide bonds. The Kier molecular flexibility index (Phi) is 4.20. The van der Waals surface area contributed by atoms with Gasteiger partial charge in [0.1, 0.15) is 0 Å². The van der Waals surface area contributed by atoms with E-state index in [2.05, 4.69) is 5.32 Å². The minimum atomic E-state index is -0.931. The summed E-state index contributed by atoms with van der Waals surface area (Å²) in [7, 11) is 0. The summed E-state index contributed by atoms with van der Waals surface area (Å²) in [6.45, 7) is 3.11. The number of carboxylic acids is 1. The Morgan fingerprint density at radius 1 is 1.20 bits per heavy atom. The molecule has 2 aromatic rings. The standard InChI is InChI=1S/C15H16N2O3/c1-2-17-10-13(7-8-14(17)18)16-9-11-3-5-12(6-4-11)15(19)20/h3-8,10,16H,2,9H2,1H3,(H,19,20). The molecule has 2 rings (SSSR count). The fourth-order valence-electron chi connectivity index (χ4n) is 1.85. The van der Waals surface area contributed by atoms with Crippen LogP contribution < -0.4 is 10.9 Å². The highest BCUT2D eigenvalue weighted by atomic mass is 16.4. The summed E-state index contributed by atoms with van der Waals surface area (Å²) in [4.78, 5) is 22.2. The van der Waals surface area contributed by atoms with E-state index in [1.807, 2.05) is 6.92 Å². The Balaban J connectivity index is 2.05. The van der Waals surface area contributed by atoms with Gasteiger partial charge in [-0.05, 0) is 30.7 Å². The van der Waals surface area contributed by atoms with Gasteiger partial charge in [0.2, 0.25) is 0 Å². The maximum atomic E-state index is 11.5. The molecule has 1 aromatic heterocycles. The van der Waals surface area contributed by atoms with Crippen LogP contribution in [-0.2, 0) is 13.1 Å². The van der Waals surface area contributed by atoms with Crippen molar-refractivity contribution in [3.05, 3.63) is 64.1 Å². The number of anilines is 1. The van der Waals surface area contributed by atoms with E-state index in [4.69, 9.17) is 5.11 Å². The third-order valence-electron chi connectivity index (χ3n) is 3.02. The van der Waals surface area contributed by atoms with Crippen molar-refractivity contribution in [2.75, 3.05) is 5.32 Å². The molecule has 0 aliphatic heterocycles. The number of benzene rings is 1. The van der Waals surface area contributed by atoms with Gasteiger partial charge in [-0.3, -0.25) is 4.79 Å². The highest BCUT2D eigenvalue weighted by molar-refractivity contribution is 5.87. The van der Waals surface area contributed by atoms with Crippen molar-refractivity contribution >= 4 is 11.7 Å². The summed E-state index contributed by atoms with van der Waals surface area (Å²) < 4.78 is 1.62. The van der Waals surface area contributed by atoms with Gasteiger partial charge in [-0.15, -0.1) is 0 Å². The molecule has 0 radical (unpaired) electrons. The number of aromatic nitrogens is 1. The van der Waals surface area contributed by atoms with Crippen molar-refractivity contribution in [1.82, 2.24) is 4.57 Å². The van der Waals surface area contributed by atoms with Gasteiger partial charge >= 0.3 is 5.97 Å². The zero-order chi connectivity index (χ0) is 14.5. The molecule has 0 aliphatic rings. The summed E-state index contributed by atoms with van der Waals surface area (Å²) in [6.07, 6.45) is 1.77. The molecule has 0 fully saturated rings. The molecule has 104 valence electrons. The lowest BCUT2D eigenvalue weighted by Crippen LogP contribution is -2.17. The summed E-state index contributed by atoms with van der Waals surface area (Å²) in [5.41, 5.74) is 2.08. The summed E-state index contributed by atoms with van der Waals surface area (Å²) >= 11 is 0. The number of hydrogen-bond donors (Lipinski definition) is 2. The van der Waals surface area contributed by atoms with Crippen molar-refractivity contribution in [3.8, 4) is 0 Å². The first-order chi connectivity index (χ1) is 9.60. The number of hydrogen-bond acceptors (Lipinski definition) is 3. The van der Waals surface area contributed by atoms with Gasteiger partial charge in [-0.25, -0.2) is 4.79 Å². The van der Waals surface area contributed by atoms with E-state index in [1.165, 1.54) is 6.07 Å². The molecule has 20 heavy (non-hydrogen) atoms. The number of rotatable bonds is 5. The summed E-state index contributed by atoms with van der Waals surface area (Å²) in [6, 6.07) is 9.96. The van der Waals surface area contributed by atoms with E-state index in [-0.39, 0.29) is 11.1 Å². The minimum Gasteiger partial charge on any atom is -0.478 e. The van der Waals surface area contributed by atoms with Gasteiger partial charge in [0.25, 0.3) is 5.56 Å². The van der Waals surface area contributed by atoms with Crippen molar-refractivity contribution in [2.24, 2.45) is 0 Å². The fourth-order valence-corrected chi connectivity index (χ4v) is 1.85. The second kappa shape index (κ2) is 6.06. The molecular formula is C15H16N2O3. The molecule has 5 heteroatoms. The number of aromatic carboxylic acids is 1. The van der Waals surface area contributed by atoms with Crippen LogP contribution in [0.4, 0.5) is 5.69 Å². The van der Waals surface area contributed by atoms with Crippen LogP contribution in [0.2, 0.25) is 0 Å². The van der Waals surface area contributed by atoms with Crippen LogP contribution in [0.25, 0.3) is 0 Å². The lowest BCUT2D eigenvalue weighted by atomic mass is 10.1. The highest BCUT2D eigenvalue weighted by Gasteiger charge is 2.02. The largest absolute Gasteiger partial charge is 0.478 e. The Morgan fingerprint density at radius 2 is 1.90 bits per heavy atom. The first-order valence-electron chi connectivity index (χ1n) is 6.36. The Hall–Kier alpha value is -2.56. The first kappa shape index (κ1) is 13.9. The van der Waals surface area contributed by atoms with Crippen LogP contribution in [0.3, 0.4) is 0 Å². The first-order valence-corrected chi connectivity index (χ1v) is 6.36. The van der Waals surface area contributed by atoms with Crippen LogP contribution >= 0.6 is 0 Å². The summed E-state index contributed by atoms with van der Waals surface area (Å²) in [5.74, 6) is -0.931. The van der Waals surface area contributed by atoms with Gasteiger partial charge in [0.15, 0.2) is 0 Å². The van der Waals surface area contributed by atoms with Crippen LogP contribution in [0.15, 0.2) is 47.4 Å². The zero-order valence-corrected chi connectivity index (χ0v) is 11.2. The van der Waals surface area contributed by atoms with E-state index in [9.17, 15) is 9.59 Å². The smallest absolute Gasteiger partial charge is 0.335 e. The Bertz CT molecular complexity index is 660. The molecule has 0 bridgehead atoms. The fraction of sp³-hybridized carbons (Fsp3) is 0.200. The van der Waals surface area contributed by atoms with E-state index < -0.39 is 5.97 Å².